The highest BCUT2D eigenvalue weighted by Gasteiger charge is 2.10. The maximum Gasteiger partial charge on any atom is 0.257 e. The summed E-state index contributed by atoms with van der Waals surface area (Å²) >= 11 is 1.20. The van der Waals surface area contributed by atoms with Crippen molar-refractivity contribution in [1.29, 1.82) is 0 Å². The summed E-state index contributed by atoms with van der Waals surface area (Å²) in [5.74, 6) is -0.243. The number of para-hydroxylation sites is 3. The van der Waals surface area contributed by atoms with Gasteiger partial charge in [0.05, 0.1) is 17.5 Å². The van der Waals surface area contributed by atoms with E-state index in [0.717, 1.165) is 22.0 Å². The normalized spacial score (nSPS) is 11.5. The van der Waals surface area contributed by atoms with Crippen LogP contribution in [0.1, 0.15) is 17.3 Å². The summed E-state index contributed by atoms with van der Waals surface area (Å²) in [6.07, 6.45) is 3.24. The second-order valence-electron chi connectivity index (χ2n) is 6.02. The molecule has 0 fully saturated rings. The van der Waals surface area contributed by atoms with Gasteiger partial charge in [0.2, 0.25) is 5.91 Å². The molecule has 0 aliphatic carbocycles. The van der Waals surface area contributed by atoms with Crippen LogP contribution in [0.25, 0.3) is 22.0 Å². The first-order valence-electron chi connectivity index (χ1n) is 8.53. The molecule has 0 aliphatic heterocycles. The van der Waals surface area contributed by atoms with Crippen LogP contribution in [0, 0.1) is 0 Å². The first-order chi connectivity index (χ1) is 13.6. The molecule has 0 radical (unpaired) electrons. The zero-order chi connectivity index (χ0) is 19.5. The highest BCUT2D eigenvalue weighted by atomic mass is 32.2. The number of hydrazone groups is 1. The molecule has 0 aliphatic rings. The van der Waals surface area contributed by atoms with E-state index in [1.165, 1.54) is 24.9 Å². The standard InChI is InChI=1S/C20H16N4O3S/c1-13(25)24-11-14(15-6-2-4-8-17(15)24)10-21-23-19(26)12-28-20-22-16-7-3-5-9-18(16)27-20/h2-11H,12H2,1H3,(H,23,26)/b21-10-. The Bertz CT molecular complexity index is 1180. The van der Waals surface area contributed by atoms with E-state index in [1.807, 2.05) is 48.5 Å². The van der Waals surface area contributed by atoms with Gasteiger partial charge in [-0.1, -0.05) is 42.1 Å². The molecular formula is C20H16N4O3S. The summed E-state index contributed by atoms with van der Waals surface area (Å²) in [4.78, 5) is 28.1. The largest absolute Gasteiger partial charge is 0.431 e. The number of oxazole rings is 1. The first kappa shape index (κ1) is 18.0. The molecule has 0 saturated carbocycles. The number of carbonyl (C=O) groups is 2. The monoisotopic (exact) mass is 392 g/mol. The number of hydrogen-bond donors (Lipinski definition) is 1. The Morgan fingerprint density at radius 1 is 1.21 bits per heavy atom. The molecule has 4 aromatic rings. The highest BCUT2D eigenvalue weighted by Crippen LogP contribution is 2.23. The van der Waals surface area contributed by atoms with Crippen molar-refractivity contribution in [3.05, 3.63) is 60.3 Å². The van der Waals surface area contributed by atoms with Crippen LogP contribution in [-0.2, 0) is 4.79 Å². The lowest BCUT2D eigenvalue weighted by Crippen LogP contribution is -2.19. The van der Waals surface area contributed by atoms with Crippen LogP contribution in [-0.4, -0.2) is 33.3 Å². The smallest absolute Gasteiger partial charge is 0.257 e. The molecule has 2 aromatic carbocycles. The Balaban J connectivity index is 1.40. The zero-order valence-electron chi connectivity index (χ0n) is 15.0. The predicted octanol–water partition coefficient (Wildman–Crippen LogP) is 3.69. The minimum absolute atomic E-state index is 0.0883. The molecular weight excluding hydrogens is 376 g/mol. The van der Waals surface area contributed by atoms with Crippen molar-refractivity contribution < 1.29 is 14.0 Å². The van der Waals surface area contributed by atoms with Crippen molar-refractivity contribution in [2.75, 3.05) is 5.75 Å². The van der Waals surface area contributed by atoms with Crippen LogP contribution < -0.4 is 5.43 Å². The van der Waals surface area contributed by atoms with Gasteiger partial charge in [-0.3, -0.25) is 14.2 Å². The van der Waals surface area contributed by atoms with E-state index < -0.39 is 0 Å². The van der Waals surface area contributed by atoms with Crippen LogP contribution in [0.2, 0.25) is 0 Å². The van der Waals surface area contributed by atoms with Crippen LogP contribution in [0.5, 0.6) is 0 Å². The fraction of sp³-hybridized carbons (Fsp3) is 0.100. The summed E-state index contributed by atoms with van der Waals surface area (Å²) in [5.41, 5.74) is 5.47. The quantitative estimate of drug-likeness (QED) is 0.318. The molecule has 0 bridgehead atoms. The third kappa shape index (κ3) is 3.67. The number of fused-ring (bicyclic) bond motifs is 2. The number of rotatable bonds is 5. The van der Waals surface area contributed by atoms with Gasteiger partial charge in [0.15, 0.2) is 5.58 Å². The van der Waals surface area contributed by atoms with E-state index in [-0.39, 0.29) is 17.6 Å². The van der Waals surface area contributed by atoms with Crippen molar-refractivity contribution in [3.63, 3.8) is 0 Å². The number of thioether (sulfide) groups is 1. The van der Waals surface area contributed by atoms with E-state index in [2.05, 4.69) is 15.5 Å². The van der Waals surface area contributed by atoms with Crippen LogP contribution in [0.3, 0.4) is 0 Å². The fourth-order valence-electron chi connectivity index (χ4n) is 2.82. The van der Waals surface area contributed by atoms with E-state index in [1.54, 1.807) is 10.8 Å². The third-order valence-electron chi connectivity index (χ3n) is 4.08. The predicted molar refractivity (Wildman–Crippen MR) is 109 cm³/mol. The average Bonchev–Trinajstić information content (AvgIpc) is 3.28. The summed E-state index contributed by atoms with van der Waals surface area (Å²) in [7, 11) is 0. The maximum absolute atomic E-state index is 12.0. The van der Waals surface area contributed by atoms with Crippen LogP contribution >= 0.6 is 11.8 Å². The average molecular weight is 392 g/mol. The zero-order valence-corrected chi connectivity index (χ0v) is 15.8. The summed E-state index contributed by atoms with van der Waals surface area (Å²) in [5, 5.41) is 5.33. The Morgan fingerprint density at radius 3 is 2.82 bits per heavy atom. The molecule has 7 nitrogen and oxygen atoms in total. The molecule has 0 saturated heterocycles. The van der Waals surface area contributed by atoms with Crippen molar-refractivity contribution in [2.45, 2.75) is 12.1 Å². The Morgan fingerprint density at radius 2 is 2.00 bits per heavy atom. The molecule has 0 unspecified atom stereocenters. The minimum atomic E-state index is -0.279. The number of nitrogens with one attached hydrogen (secondary N) is 1. The summed E-state index contributed by atoms with van der Waals surface area (Å²) < 4.78 is 7.12. The topological polar surface area (TPSA) is 89.5 Å². The minimum Gasteiger partial charge on any atom is -0.431 e. The Hall–Kier alpha value is -3.39. The maximum atomic E-state index is 12.0. The van der Waals surface area contributed by atoms with Gasteiger partial charge in [-0.2, -0.15) is 5.10 Å². The number of amides is 1. The SMILES string of the molecule is CC(=O)n1cc(/C=N\NC(=O)CSc2nc3ccccc3o2)c2ccccc21. The van der Waals surface area contributed by atoms with Gasteiger partial charge in [-0.15, -0.1) is 0 Å². The molecule has 28 heavy (non-hydrogen) atoms. The number of benzene rings is 2. The lowest BCUT2D eigenvalue weighted by molar-refractivity contribution is -0.118. The van der Waals surface area contributed by atoms with Crippen LogP contribution in [0.4, 0.5) is 0 Å². The number of nitrogens with zero attached hydrogens (tertiary/aromatic N) is 3. The van der Waals surface area contributed by atoms with Gasteiger partial charge in [0.1, 0.15) is 5.52 Å². The molecule has 2 heterocycles. The summed E-state index contributed by atoms with van der Waals surface area (Å²) in [6, 6.07) is 15.0. The van der Waals surface area contributed by atoms with E-state index >= 15 is 0 Å². The van der Waals surface area contributed by atoms with Gasteiger partial charge in [0.25, 0.3) is 11.1 Å². The molecule has 4 rings (SSSR count). The second-order valence-corrected chi connectivity index (χ2v) is 6.95. The van der Waals surface area contributed by atoms with Crippen LogP contribution in [0.15, 0.2) is 69.5 Å². The van der Waals surface area contributed by atoms with Crippen molar-refractivity contribution in [3.8, 4) is 0 Å². The molecule has 140 valence electrons. The Kier molecular flexibility index (Phi) is 4.94. The Labute approximate surface area is 164 Å². The van der Waals surface area contributed by atoms with E-state index in [4.69, 9.17) is 4.42 Å². The van der Waals surface area contributed by atoms with Gasteiger partial charge in [-0.25, -0.2) is 10.4 Å². The van der Waals surface area contributed by atoms with Crippen molar-refractivity contribution in [1.82, 2.24) is 15.0 Å². The van der Waals surface area contributed by atoms with Gasteiger partial charge >= 0.3 is 0 Å². The lowest BCUT2D eigenvalue weighted by atomic mass is 10.2. The van der Waals surface area contributed by atoms with E-state index in [0.29, 0.717) is 10.8 Å². The number of aromatic nitrogens is 2. The number of hydrogen-bond acceptors (Lipinski definition) is 6. The summed E-state index contributed by atoms with van der Waals surface area (Å²) in [6.45, 7) is 1.50. The van der Waals surface area contributed by atoms with E-state index in [9.17, 15) is 9.59 Å². The number of carbonyl (C=O) groups excluding carboxylic acids is 2. The molecule has 1 N–H and O–H groups in total. The molecule has 2 aromatic heterocycles. The van der Waals surface area contributed by atoms with Gasteiger partial charge in [-0.05, 0) is 18.2 Å². The third-order valence-corrected chi connectivity index (χ3v) is 4.90. The molecule has 0 spiro atoms. The molecule has 1 amide bonds. The molecule has 8 heteroatoms. The van der Waals surface area contributed by atoms with Gasteiger partial charge < -0.3 is 4.42 Å². The van der Waals surface area contributed by atoms with Gasteiger partial charge in [0, 0.05) is 24.1 Å². The first-order valence-corrected chi connectivity index (χ1v) is 9.51. The fourth-order valence-corrected chi connectivity index (χ4v) is 3.45. The lowest BCUT2D eigenvalue weighted by Gasteiger charge is -1.97. The van der Waals surface area contributed by atoms with Crippen molar-refractivity contribution >= 4 is 51.8 Å². The second kappa shape index (κ2) is 7.69. The molecule has 0 atom stereocenters. The highest BCUT2D eigenvalue weighted by molar-refractivity contribution is 7.99. The van der Waals surface area contributed by atoms with Crippen molar-refractivity contribution in [2.24, 2.45) is 5.10 Å².